The molecule has 0 heterocycles. The topological polar surface area (TPSA) is 55.4 Å². The Bertz CT molecular complexity index is 531. The first-order valence-corrected chi connectivity index (χ1v) is 8.25. The average molecular weight is 303 g/mol. The summed E-state index contributed by atoms with van der Waals surface area (Å²) < 4.78 is 45.1. The monoisotopic (exact) mass is 303 g/mol. The number of sulfonamides is 1. The predicted octanol–water partition coefficient (Wildman–Crippen LogP) is 3.08. The van der Waals surface area contributed by atoms with E-state index in [0.29, 0.717) is 0 Å². The third kappa shape index (κ3) is 4.76. The Morgan fingerprint density at radius 3 is 2.60 bits per heavy atom. The van der Waals surface area contributed by atoms with E-state index in [1.54, 1.807) is 0 Å². The molecule has 0 saturated heterocycles. The van der Waals surface area contributed by atoms with Crippen LogP contribution in [0.5, 0.6) is 5.75 Å². The van der Waals surface area contributed by atoms with Crippen LogP contribution in [0.25, 0.3) is 0 Å². The minimum Gasteiger partial charge on any atom is -0.494 e. The SMILES string of the molecule is CCCCC[C@H](C)NS(=O)(=O)c1ccc(OC)c(F)c1. The van der Waals surface area contributed by atoms with Crippen LogP contribution >= 0.6 is 0 Å². The molecule has 1 aromatic rings. The maximum absolute atomic E-state index is 13.5. The average Bonchev–Trinajstić information content (AvgIpc) is 2.38. The Morgan fingerprint density at radius 1 is 1.35 bits per heavy atom. The van der Waals surface area contributed by atoms with Crippen molar-refractivity contribution in [2.75, 3.05) is 7.11 Å². The number of unbranched alkanes of at least 4 members (excludes halogenated alkanes) is 2. The van der Waals surface area contributed by atoms with E-state index in [1.807, 2.05) is 6.92 Å². The van der Waals surface area contributed by atoms with Crippen LogP contribution in [0.4, 0.5) is 4.39 Å². The second-order valence-electron chi connectivity index (χ2n) is 4.81. The molecule has 6 heteroatoms. The highest BCUT2D eigenvalue weighted by atomic mass is 32.2. The molecule has 20 heavy (non-hydrogen) atoms. The summed E-state index contributed by atoms with van der Waals surface area (Å²) in [4.78, 5) is -0.0851. The highest BCUT2D eigenvalue weighted by molar-refractivity contribution is 7.89. The summed E-state index contributed by atoms with van der Waals surface area (Å²) in [7, 11) is -2.36. The van der Waals surface area contributed by atoms with Gasteiger partial charge in [0.15, 0.2) is 11.6 Å². The Balaban J connectivity index is 2.75. The smallest absolute Gasteiger partial charge is 0.240 e. The summed E-state index contributed by atoms with van der Waals surface area (Å²) in [6, 6.07) is 3.45. The van der Waals surface area contributed by atoms with E-state index in [4.69, 9.17) is 4.74 Å². The second kappa shape index (κ2) is 7.59. The van der Waals surface area contributed by atoms with E-state index >= 15 is 0 Å². The van der Waals surface area contributed by atoms with Crippen LogP contribution in [0.15, 0.2) is 23.1 Å². The lowest BCUT2D eigenvalue weighted by Crippen LogP contribution is -2.32. The number of rotatable bonds is 8. The largest absolute Gasteiger partial charge is 0.494 e. The highest BCUT2D eigenvalue weighted by Gasteiger charge is 2.19. The molecule has 0 fully saturated rings. The zero-order chi connectivity index (χ0) is 15.2. The Labute approximate surface area is 120 Å². The molecular formula is C14H22FNO3S. The predicted molar refractivity (Wildman–Crippen MR) is 76.9 cm³/mol. The van der Waals surface area contributed by atoms with E-state index < -0.39 is 15.8 Å². The summed E-state index contributed by atoms with van der Waals surface area (Å²) in [6.45, 7) is 3.90. The molecule has 0 spiro atoms. The van der Waals surface area contributed by atoms with Gasteiger partial charge in [0.2, 0.25) is 10.0 Å². The molecule has 0 aliphatic heterocycles. The van der Waals surface area contributed by atoms with Crippen LogP contribution in [0.1, 0.15) is 39.5 Å². The van der Waals surface area contributed by atoms with E-state index in [0.717, 1.165) is 31.7 Å². The first kappa shape index (κ1) is 16.9. The van der Waals surface area contributed by atoms with Crippen molar-refractivity contribution in [3.63, 3.8) is 0 Å². The molecule has 0 aliphatic rings. The first-order valence-electron chi connectivity index (χ1n) is 6.76. The van der Waals surface area contributed by atoms with Gasteiger partial charge in [-0.1, -0.05) is 26.2 Å². The van der Waals surface area contributed by atoms with E-state index in [9.17, 15) is 12.8 Å². The zero-order valence-electron chi connectivity index (χ0n) is 12.1. The second-order valence-corrected chi connectivity index (χ2v) is 6.53. The van der Waals surface area contributed by atoms with Crippen LogP contribution in [0, 0.1) is 5.82 Å². The molecule has 4 nitrogen and oxygen atoms in total. The number of hydrogen-bond donors (Lipinski definition) is 1. The molecule has 1 aromatic carbocycles. The molecule has 0 bridgehead atoms. The molecule has 0 radical (unpaired) electrons. The lowest BCUT2D eigenvalue weighted by molar-refractivity contribution is 0.385. The van der Waals surface area contributed by atoms with Gasteiger partial charge in [-0.2, -0.15) is 0 Å². The van der Waals surface area contributed by atoms with Crippen LogP contribution in [0.2, 0.25) is 0 Å². The van der Waals surface area contributed by atoms with Crippen molar-refractivity contribution in [2.45, 2.75) is 50.5 Å². The van der Waals surface area contributed by atoms with Gasteiger partial charge < -0.3 is 4.74 Å². The summed E-state index contributed by atoms with van der Waals surface area (Å²) in [5.74, 6) is -0.658. The van der Waals surface area contributed by atoms with Crippen LogP contribution in [-0.4, -0.2) is 21.6 Å². The molecule has 1 N–H and O–H groups in total. The minimum atomic E-state index is -3.69. The number of nitrogens with one attached hydrogen (secondary N) is 1. The van der Waals surface area contributed by atoms with E-state index in [1.165, 1.54) is 19.2 Å². The van der Waals surface area contributed by atoms with E-state index in [2.05, 4.69) is 11.6 Å². The third-order valence-corrected chi connectivity index (χ3v) is 4.62. The van der Waals surface area contributed by atoms with Gasteiger partial charge in [-0.25, -0.2) is 17.5 Å². The van der Waals surface area contributed by atoms with Crippen molar-refractivity contribution in [2.24, 2.45) is 0 Å². The van der Waals surface area contributed by atoms with Crippen molar-refractivity contribution >= 4 is 10.0 Å². The molecule has 0 aliphatic carbocycles. The quantitative estimate of drug-likeness (QED) is 0.751. The number of methoxy groups -OCH3 is 1. The molecular weight excluding hydrogens is 281 g/mol. The number of ether oxygens (including phenoxy) is 1. The molecule has 0 saturated carbocycles. The Morgan fingerprint density at radius 2 is 2.05 bits per heavy atom. The van der Waals surface area contributed by atoms with Crippen molar-refractivity contribution in [1.29, 1.82) is 0 Å². The van der Waals surface area contributed by atoms with Crippen LogP contribution in [0.3, 0.4) is 0 Å². The van der Waals surface area contributed by atoms with Gasteiger partial charge in [0.1, 0.15) is 0 Å². The summed E-state index contributed by atoms with van der Waals surface area (Å²) >= 11 is 0. The van der Waals surface area contributed by atoms with Gasteiger partial charge in [0.05, 0.1) is 12.0 Å². The summed E-state index contributed by atoms with van der Waals surface area (Å²) in [5, 5.41) is 0. The van der Waals surface area contributed by atoms with E-state index in [-0.39, 0.29) is 16.7 Å². The Hall–Kier alpha value is -1.14. The highest BCUT2D eigenvalue weighted by Crippen LogP contribution is 2.21. The van der Waals surface area contributed by atoms with Crippen molar-refractivity contribution in [1.82, 2.24) is 4.72 Å². The number of hydrogen-bond acceptors (Lipinski definition) is 3. The summed E-state index contributed by atoms with van der Waals surface area (Å²) in [5.41, 5.74) is 0. The van der Waals surface area contributed by atoms with Gasteiger partial charge in [-0.05, 0) is 31.5 Å². The lowest BCUT2D eigenvalue weighted by atomic mass is 10.1. The number of benzene rings is 1. The maximum Gasteiger partial charge on any atom is 0.240 e. The zero-order valence-corrected chi connectivity index (χ0v) is 13.0. The minimum absolute atomic E-state index is 0.0277. The van der Waals surface area contributed by atoms with Gasteiger partial charge in [-0.15, -0.1) is 0 Å². The van der Waals surface area contributed by atoms with Gasteiger partial charge in [0.25, 0.3) is 0 Å². The molecule has 0 aromatic heterocycles. The van der Waals surface area contributed by atoms with Crippen LogP contribution in [-0.2, 0) is 10.0 Å². The normalized spacial score (nSPS) is 13.2. The van der Waals surface area contributed by atoms with Crippen LogP contribution < -0.4 is 9.46 Å². The maximum atomic E-state index is 13.5. The Kier molecular flexibility index (Phi) is 6.42. The van der Waals surface area contributed by atoms with Gasteiger partial charge in [-0.3, -0.25) is 0 Å². The van der Waals surface area contributed by atoms with Crippen molar-refractivity contribution in [3.05, 3.63) is 24.0 Å². The fraction of sp³-hybridized carbons (Fsp3) is 0.571. The van der Waals surface area contributed by atoms with Gasteiger partial charge in [0, 0.05) is 6.04 Å². The molecule has 0 unspecified atom stereocenters. The molecule has 0 amide bonds. The van der Waals surface area contributed by atoms with Crippen molar-refractivity contribution in [3.8, 4) is 5.75 Å². The van der Waals surface area contributed by atoms with Crippen molar-refractivity contribution < 1.29 is 17.5 Å². The molecule has 1 rings (SSSR count). The molecule has 1 atom stereocenters. The fourth-order valence-corrected chi connectivity index (χ4v) is 3.20. The third-order valence-electron chi connectivity index (χ3n) is 3.03. The first-order chi connectivity index (χ1) is 9.40. The van der Waals surface area contributed by atoms with Gasteiger partial charge >= 0.3 is 0 Å². The number of halogens is 1. The fourth-order valence-electron chi connectivity index (χ4n) is 1.91. The molecule has 114 valence electrons. The standard InChI is InChI=1S/C14H22FNO3S/c1-4-5-6-7-11(2)16-20(17,18)12-8-9-14(19-3)13(15)10-12/h8-11,16H,4-7H2,1-3H3/t11-/m0/s1. The lowest BCUT2D eigenvalue weighted by Gasteiger charge is -2.14. The summed E-state index contributed by atoms with van der Waals surface area (Å²) in [6.07, 6.45) is 3.90.